The van der Waals surface area contributed by atoms with E-state index in [4.69, 9.17) is 4.74 Å². The SMILES string of the molecule is CCN(c1ccc(C)cc1CNCCOC)C(C)C. The van der Waals surface area contributed by atoms with Crippen LogP contribution in [0.5, 0.6) is 0 Å². The number of nitrogens with one attached hydrogen (secondary N) is 1. The van der Waals surface area contributed by atoms with Gasteiger partial charge in [0.2, 0.25) is 0 Å². The maximum Gasteiger partial charge on any atom is 0.0587 e. The van der Waals surface area contributed by atoms with Gasteiger partial charge in [0.05, 0.1) is 6.61 Å². The molecule has 0 amide bonds. The van der Waals surface area contributed by atoms with Crippen molar-refractivity contribution in [3.8, 4) is 0 Å². The Hall–Kier alpha value is -1.06. The third-order valence-electron chi connectivity index (χ3n) is 3.31. The Morgan fingerprint density at radius 3 is 2.63 bits per heavy atom. The summed E-state index contributed by atoms with van der Waals surface area (Å²) >= 11 is 0. The zero-order chi connectivity index (χ0) is 14.3. The number of methoxy groups -OCH3 is 1. The first-order valence-corrected chi connectivity index (χ1v) is 7.16. The lowest BCUT2D eigenvalue weighted by Crippen LogP contribution is -2.32. The summed E-state index contributed by atoms with van der Waals surface area (Å²) in [6.45, 7) is 12.4. The van der Waals surface area contributed by atoms with Gasteiger partial charge < -0.3 is 15.0 Å². The van der Waals surface area contributed by atoms with Crippen LogP contribution >= 0.6 is 0 Å². The molecule has 1 aromatic carbocycles. The molecule has 0 aliphatic heterocycles. The summed E-state index contributed by atoms with van der Waals surface area (Å²) in [6.07, 6.45) is 0. The van der Waals surface area contributed by atoms with Crippen molar-refractivity contribution in [3.63, 3.8) is 0 Å². The fraction of sp³-hybridized carbons (Fsp3) is 0.625. The van der Waals surface area contributed by atoms with Crippen molar-refractivity contribution in [2.45, 2.75) is 40.3 Å². The van der Waals surface area contributed by atoms with E-state index >= 15 is 0 Å². The summed E-state index contributed by atoms with van der Waals surface area (Å²) in [5.74, 6) is 0. The average molecular weight is 264 g/mol. The highest BCUT2D eigenvalue weighted by Gasteiger charge is 2.12. The first kappa shape index (κ1) is 16.0. The maximum atomic E-state index is 5.07. The van der Waals surface area contributed by atoms with Crippen LogP contribution < -0.4 is 10.2 Å². The van der Waals surface area contributed by atoms with Crippen molar-refractivity contribution < 1.29 is 4.74 Å². The van der Waals surface area contributed by atoms with Crippen molar-refractivity contribution in [1.82, 2.24) is 5.32 Å². The Kier molecular flexibility index (Phi) is 6.89. The minimum absolute atomic E-state index is 0.519. The van der Waals surface area contributed by atoms with Gasteiger partial charge in [-0.3, -0.25) is 0 Å². The first-order valence-electron chi connectivity index (χ1n) is 7.16. The lowest BCUT2D eigenvalue weighted by Gasteiger charge is -2.30. The van der Waals surface area contributed by atoms with Crippen LogP contribution in [0.15, 0.2) is 18.2 Å². The minimum Gasteiger partial charge on any atom is -0.383 e. The van der Waals surface area contributed by atoms with Gasteiger partial charge in [0.15, 0.2) is 0 Å². The van der Waals surface area contributed by atoms with E-state index < -0.39 is 0 Å². The van der Waals surface area contributed by atoms with Crippen molar-refractivity contribution in [2.75, 3.05) is 31.7 Å². The second kappa shape index (κ2) is 8.18. The highest BCUT2D eigenvalue weighted by molar-refractivity contribution is 5.55. The van der Waals surface area contributed by atoms with Gasteiger partial charge in [-0.1, -0.05) is 17.7 Å². The second-order valence-corrected chi connectivity index (χ2v) is 5.18. The molecule has 0 bridgehead atoms. The molecule has 1 rings (SSSR count). The third kappa shape index (κ3) is 4.84. The molecule has 3 heteroatoms. The van der Waals surface area contributed by atoms with Crippen molar-refractivity contribution in [1.29, 1.82) is 0 Å². The van der Waals surface area contributed by atoms with Crippen molar-refractivity contribution in [3.05, 3.63) is 29.3 Å². The number of ether oxygens (including phenoxy) is 1. The van der Waals surface area contributed by atoms with E-state index in [1.807, 2.05) is 0 Å². The van der Waals surface area contributed by atoms with Crippen molar-refractivity contribution in [2.24, 2.45) is 0 Å². The molecule has 108 valence electrons. The Morgan fingerprint density at radius 1 is 1.32 bits per heavy atom. The number of aryl methyl sites for hydroxylation is 1. The van der Waals surface area contributed by atoms with E-state index in [1.54, 1.807) is 7.11 Å². The number of nitrogens with zero attached hydrogens (tertiary/aromatic N) is 1. The zero-order valence-corrected chi connectivity index (χ0v) is 13.0. The van der Waals surface area contributed by atoms with Crippen LogP contribution in [0.2, 0.25) is 0 Å². The molecule has 0 heterocycles. The molecule has 0 fully saturated rings. The molecule has 0 aromatic heterocycles. The Morgan fingerprint density at radius 2 is 2.05 bits per heavy atom. The Labute approximate surface area is 118 Å². The van der Waals surface area contributed by atoms with Crippen LogP contribution in [-0.4, -0.2) is 32.8 Å². The van der Waals surface area contributed by atoms with Crippen molar-refractivity contribution >= 4 is 5.69 Å². The molecule has 0 aliphatic carbocycles. The summed E-state index contributed by atoms with van der Waals surface area (Å²) in [7, 11) is 1.73. The van der Waals surface area contributed by atoms with Crippen LogP contribution in [0.4, 0.5) is 5.69 Å². The normalized spacial score (nSPS) is 11.1. The van der Waals surface area contributed by atoms with Gasteiger partial charge in [-0.15, -0.1) is 0 Å². The fourth-order valence-electron chi connectivity index (χ4n) is 2.35. The standard InChI is InChI=1S/C16H28N2O/c1-6-18(13(2)3)16-8-7-14(4)11-15(16)12-17-9-10-19-5/h7-8,11,13,17H,6,9-10,12H2,1-5H3. The summed E-state index contributed by atoms with van der Waals surface area (Å²) in [6, 6.07) is 7.23. The van der Waals surface area contributed by atoms with E-state index in [0.29, 0.717) is 6.04 Å². The van der Waals surface area contributed by atoms with Gasteiger partial charge in [-0.2, -0.15) is 0 Å². The van der Waals surface area contributed by atoms with Crippen LogP contribution in [0.3, 0.4) is 0 Å². The number of hydrogen-bond acceptors (Lipinski definition) is 3. The fourth-order valence-corrected chi connectivity index (χ4v) is 2.35. The van der Waals surface area contributed by atoms with Crippen LogP contribution in [0, 0.1) is 6.92 Å². The van der Waals surface area contributed by atoms with E-state index in [-0.39, 0.29) is 0 Å². The largest absolute Gasteiger partial charge is 0.383 e. The lowest BCUT2D eigenvalue weighted by atomic mass is 10.1. The summed E-state index contributed by atoms with van der Waals surface area (Å²) < 4.78 is 5.07. The van der Waals surface area contributed by atoms with Gasteiger partial charge in [0.25, 0.3) is 0 Å². The maximum absolute atomic E-state index is 5.07. The highest BCUT2D eigenvalue weighted by atomic mass is 16.5. The molecule has 1 aromatic rings. The van der Waals surface area contributed by atoms with Gasteiger partial charge in [0, 0.05) is 38.5 Å². The van der Waals surface area contributed by atoms with E-state index in [0.717, 1.165) is 26.2 Å². The van der Waals surface area contributed by atoms with Crippen LogP contribution in [-0.2, 0) is 11.3 Å². The molecular weight excluding hydrogens is 236 g/mol. The second-order valence-electron chi connectivity index (χ2n) is 5.18. The highest BCUT2D eigenvalue weighted by Crippen LogP contribution is 2.23. The molecule has 3 nitrogen and oxygen atoms in total. The summed E-state index contributed by atoms with van der Waals surface area (Å²) in [5.41, 5.74) is 4.02. The quantitative estimate of drug-likeness (QED) is 0.731. The number of anilines is 1. The molecule has 19 heavy (non-hydrogen) atoms. The molecule has 0 radical (unpaired) electrons. The zero-order valence-electron chi connectivity index (χ0n) is 13.0. The molecule has 0 aliphatic rings. The molecule has 0 spiro atoms. The monoisotopic (exact) mass is 264 g/mol. The lowest BCUT2D eigenvalue weighted by molar-refractivity contribution is 0.199. The predicted molar refractivity (Wildman–Crippen MR) is 82.9 cm³/mol. The average Bonchev–Trinajstić information content (AvgIpc) is 2.37. The van der Waals surface area contributed by atoms with Gasteiger partial charge in [-0.05, 0) is 39.3 Å². The minimum atomic E-state index is 0.519. The first-order chi connectivity index (χ1) is 9.10. The van der Waals surface area contributed by atoms with E-state index in [9.17, 15) is 0 Å². The Balaban J connectivity index is 2.84. The summed E-state index contributed by atoms with van der Waals surface area (Å²) in [4.78, 5) is 2.44. The number of benzene rings is 1. The van der Waals surface area contributed by atoms with Gasteiger partial charge in [-0.25, -0.2) is 0 Å². The molecule has 0 saturated heterocycles. The molecule has 1 N–H and O–H groups in total. The van der Waals surface area contributed by atoms with Gasteiger partial charge in [0.1, 0.15) is 0 Å². The Bertz CT molecular complexity index is 377. The molecule has 0 unspecified atom stereocenters. The molecular formula is C16H28N2O. The van der Waals surface area contributed by atoms with Gasteiger partial charge >= 0.3 is 0 Å². The number of hydrogen-bond donors (Lipinski definition) is 1. The number of rotatable bonds is 8. The molecule has 0 saturated carbocycles. The van der Waals surface area contributed by atoms with E-state index in [1.165, 1.54) is 16.8 Å². The van der Waals surface area contributed by atoms with E-state index in [2.05, 4.69) is 56.1 Å². The summed E-state index contributed by atoms with van der Waals surface area (Å²) in [5, 5.41) is 3.44. The molecule has 0 atom stereocenters. The topological polar surface area (TPSA) is 24.5 Å². The van der Waals surface area contributed by atoms with Crippen LogP contribution in [0.1, 0.15) is 31.9 Å². The smallest absolute Gasteiger partial charge is 0.0587 e. The van der Waals surface area contributed by atoms with Crippen LogP contribution in [0.25, 0.3) is 0 Å². The predicted octanol–water partition coefficient (Wildman–Crippen LogP) is 2.97. The third-order valence-corrected chi connectivity index (χ3v) is 3.31.